The highest BCUT2D eigenvalue weighted by Crippen LogP contribution is 2.28. The number of allylic oxidation sites excluding steroid dienone is 3. The summed E-state index contributed by atoms with van der Waals surface area (Å²) in [5.74, 6) is 0. The minimum absolute atomic E-state index is 0.105. The lowest BCUT2D eigenvalue weighted by Crippen LogP contribution is -2.11. The van der Waals surface area contributed by atoms with Crippen molar-refractivity contribution >= 4 is 22.6 Å². The van der Waals surface area contributed by atoms with E-state index in [9.17, 15) is 13.2 Å². The second-order valence-corrected chi connectivity index (χ2v) is 2.76. The van der Waals surface area contributed by atoms with Gasteiger partial charge in [0.15, 0.2) is 0 Å². The molecule has 0 aromatic carbocycles. The Kier molecular flexibility index (Phi) is 4.79. The maximum absolute atomic E-state index is 12.0. The minimum atomic E-state index is -4.20. The summed E-state index contributed by atoms with van der Waals surface area (Å²) in [6.07, 6.45) is -1.88. The van der Waals surface area contributed by atoms with Gasteiger partial charge in [-0.05, 0) is 6.42 Å². The van der Waals surface area contributed by atoms with E-state index in [-0.39, 0.29) is 6.42 Å². The summed E-state index contributed by atoms with van der Waals surface area (Å²) in [6.45, 7) is 3.25. The molecule has 0 nitrogen and oxygen atoms in total. The summed E-state index contributed by atoms with van der Waals surface area (Å²) in [4.78, 5) is 0. The van der Waals surface area contributed by atoms with Crippen LogP contribution in [0, 0.1) is 0 Å². The standard InChI is InChI=1S/C7H8F3I/c1-2-3-6(4-5-11)7(8,9)10/h2,4H,1,3,5H2/b6-4-. The third-order valence-corrected chi connectivity index (χ3v) is 1.49. The SMILES string of the molecule is C=CC/C(=C/CI)C(F)(F)F. The third kappa shape index (κ3) is 4.44. The van der Waals surface area contributed by atoms with Gasteiger partial charge in [0, 0.05) is 10.0 Å². The fraction of sp³-hybridized carbons (Fsp3) is 0.429. The molecular weight excluding hydrogens is 268 g/mol. The summed E-state index contributed by atoms with van der Waals surface area (Å²) in [6, 6.07) is 0. The van der Waals surface area contributed by atoms with E-state index in [2.05, 4.69) is 6.58 Å². The number of hydrogen-bond donors (Lipinski definition) is 0. The summed E-state index contributed by atoms with van der Waals surface area (Å²) in [5, 5.41) is 0. The molecule has 0 spiro atoms. The highest BCUT2D eigenvalue weighted by Gasteiger charge is 2.31. The Hall–Kier alpha value is -0.0000000000000000555. The van der Waals surface area contributed by atoms with E-state index in [0.717, 1.165) is 0 Å². The average Bonchev–Trinajstić information content (AvgIpc) is 1.85. The van der Waals surface area contributed by atoms with E-state index >= 15 is 0 Å². The van der Waals surface area contributed by atoms with Crippen molar-refractivity contribution < 1.29 is 13.2 Å². The normalized spacial score (nSPS) is 13.3. The Balaban J connectivity index is 4.34. The van der Waals surface area contributed by atoms with Crippen LogP contribution in [0.4, 0.5) is 13.2 Å². The maximum atomic E-state index is 12.0. The smallest absolute Gasteiger partial charge is 0.166 e. The van der Waals surface area contributed by atoms with Gasteiger partial charge in [-0.15, -0.1) is 6.58 Å². The van der Waals surface area contributed by atoms with Crippen molar-refractivity contribution in [3.05, 3.63) is 24.3 Å². The van der Waals surface area contributed by atoms with E-state index in [4.69, 9.17) is 0 Å². The van der Waals surface area contributed by atoms with Crippen LogP contribution in [0.1, 0.15) is 6.42 Å². The van der Waals surface area contributed by atoms with Crippen molar-refractivity contribution in [2.75, 3.05) is 4.43 Å². The highest BCUT2D eigenvalue weighted by atomic mass is 127. The Bertz CT molecular complexity index is 158. The minimum Gasteiger partial charge on any atom is -0.166 e. The largest absolute Gasteiger partial charge is 0.412 e. The number of halogens is 4. The zero-order chi connectivity index (χ0) is 8.91. The monoisotopic (exact) mass is 276 g/mol. The molecule has 0 aromatic rings. The second-order valence-electron chi connectivity index (χ2n) is 1.87. The zero-order valence-electron chi connectivity index (χ0n) is 5.79. The quantitative estimate of drug-likeness (QED) is 0.420. The van der Waals surface area contributed by atoms with Gasteiger partial charge in [0.05, 0.1) is 0 Å². The molecule has 4 heteroatoms. The van der Waals surface area contributed by atoms with Gasteiger partial charge >= 0.3 is 6.18 Å². The molecule has 0 radical (unpaired) electrons. The highest BCUT2D eigenvalue weighted by molar-refractivity contribution is 14.1. The first-order chi connectivity index (χ1) is 5.02. The molecule has 0 rings (SSSR count). The first kappa shape index (κ1) is 11.0. The zero-order valence-corrected chi connectivity index (χ0v) is 7.95. The molecule has 64 valence electrons. The topological polar surface area (TPSA) is 0 Å². The molecule has 0 unspecified atom stereocenters. The van der Waals surface area contributed by atoms with Crippen LogP contribution in [0.25, 0.3) is 0 Å². The molecule has 0 amide bonds. The van der Waals surface area contributed by atoms with Crippen LogP contribution in [0.2, 0.25) is 0 Å². The Morgan fingerprint density at radius 3 is 2.27 bits per heavy atom. The van der Waals surface area contributed by atoms with Crippen LogP contribution in [0.5, 0.6) is 0 Å². The molecule has 0 aliphatic heterocycles. The van der Waals surface area contributed by atoms with Crippen LogP contribution < -0.4 is 0 Å². The van der Waals surface area contributed by atoms with Gasteiger partial charge in [-0.3, -0.25) is 0 Å². The summed E-state index contributed by atoms with van der Waals surface area (Å²) >= 11 is 1.87. The first-order valence-corrected chi connectivity index (χ1v) is 4.48. The van der Waals surface area contributed by atoms with Crippen LogP contribution in [-0.2, 0) is 0 Å². The molecule has 0 bridgehead atoms. The van der Waals surface area contributed by atoms with E-state index < -0.39 is 11.7 Å². The second kappa shape index (κ2) is 4.79. The molecular formula is C7H8F3I. The number of rotatable bonds is 3. The van der Waals surface area contributed by atoms with E-state index in [0.29, 0.717) is 4.43 Å². The van der Waals surface area contributed by atoms with Gasteiger partial charge in [-0.1, -0.05) is 34.7 Å². The van der Waals surface area contributed by atoms with Gasteiger partial charge in [0.1, 0.15) is 0 Å². The number of alkyl halides is 4. The predicted octanol–water partition coefficient (Wildman–Crippen LogP) is 3.49. The van der Waals surface area contributed by atoms with Crippen molar-refractivity contribution in [1.82, 2.24) is 0 Å². The van der Waals surface area contributed by atoms with Gasteiger partial charge < -0.3 is 0 Å². The van der Waals surface area contributed by atoms with Crippen LogP contribution in [0.3, 0.4) is 0 Å². The Morgan fingerprint density at radius 2 is 2.00 bits per heavy atom. The fourth-order valence-electron chi connectivity index (χ4n) is 0.563. The van der Waals surface area contributed by atoms with Crippen molar-refractivity contribution in [2.45, 2.75) is 12.6 Å². The summed E-state index contributed by atoms with van der Waals surface area (Å²) in [5.41, 5.74) is -0.512. The molecule has 0 atom stereocenters. The van der Waals surface area contributed by atoms with Crippen molar-refractivity contribution in [1.29, 1.82) is 0 Å². The van der Waals surface area contributed by atoms with Crippen molar-refractivity contribution in [2.24, 2.45) is 0 Å². The van der Waals surface area contributed by atoms with E-state index in [1.165, 1.54) is 12.2 Å². The molecule has 0 aromatic heterocycles. The van der Waals surface area contributed by atoms with Gasteiger partial charge in [0.2, 0.25) is 0 Å². The van der Waals surface area contributed by atoms with E-state index in [1.54, 1.807) is 0 Å². The van der Waals surface area contributed by atoms with Crippen molar-refractivity contribution in [3.8, 4) is 0 Å². The summed E-state index contributed by atoms with van der Waals surface area (Å²) in [7, 11) is 0. The molecule has 0 saturated carbocycles. The summed E-state index contributed by atoms with van der Waals surface area (Å²) < 4.78 is 36.3. The molecule has 0 fully saturated rings. The van der Waals surface area contributed by atoms with E-state index in [1.807, 2.05) is 22.6 Å². The molecule has 0 aliphatic carbocycles. The lowest BCUT2D eigenvalue weighted by Gasteiger charge is -2.08. The predicted molar refractivity (Wildman–Crippen MR) is 47.8 cm³/mol. The molecule has 0 N–H and O–H groups in total. The van der Waals surface area contributed by atoms with Gasteiger partial charge in [-0.2, -0.15) is 13.2 Å². The van der Waals surface area contributed by atoms with Gasteiger partial charge in [-0.25, -0.2) is 0 Å². The Morgan fingerprint density at radius 1 is 1.45 bits per heavy atom. The molecule has 0 aliphatic rings. The molecule has 11 heavy (non-hydrogen) atoms. The van der Waals surface area contributed by atoms with Crippen LogP contribution >= 0.6 is 22.6 Å². The third-order valence-electron chi connectivity index (χ3n) is 1.05. The average molecular weight is 276 g/mol. The van der Waals surface area contributed by atoms with Crippen LogP contribution in [0.15, 0.2) is 24.3 Å². The molecule has 0 saturated heterocycles. The van der Waals surface area contributed by atoms with Crippen molar-refractivity contribution in [3.63, 3.8) is 0 Å². The van der Waals surface area contributed by atoms with Gasteiger partial charge in [0.25, 0.3) is 0 Å². The lowest BCUT2D eigenvalue weighted by atomic mass is 10.2. The Labute approximate surface area is 77.3 Å². The maximum Gasteiger partial charge on any atom is 0.412 e. The molecule has 0 heterocycles. The first-order valence-electron chi connectivity index (χ1n) is 2.95. The lowest BCUT2D eigenvalue weighted by molar-refractivity contribution is -0.0929. The number of hydrogen-bond acceptors (Lipinski definition) is 0. The fourth-order valence-corrected chi connectivity index (χ4v) is 1.10. The van der Waals surface area contributed by atoms with Crippen LogP contribution in [-0.4, -0.2) is 10.6 Å².